The monoisotopic (exact) mass is 858 g/mol. The van der Waals surface area contributed by atoms with E-state index >= 15 is 0 Å². The Kier molecular flexibility index (Phi) is 42.0. The second kappa shape index (κ2) is 42.5. The van der Waals surface area contributed by atoms with E-state index in [1.807, 2.05) is 21.1 Å². The molecule has 0 radical (unpaired) electrons. The minimum absolute atomic E-state index is 0.0763. The number of allylic oxidation sites excluding steroid dienone is 2. The van der Waals surface area contributed by atoms with Crippen molar-refractivity contribution in [1.82, 2.24) is 5.32 Å². The van der Waals surface area contributed by atoms with Gasteiger partial charge in [0, 0.05) is 6.42 Å². The minimum atomic E-state index is -4.31. The smallest absolute Gasteiger partial charge is 0.391 e. The standard InChI is InChI=1S/C50H101N2O6P/c1-6-8-10-12-14-16-18-20-21-22-23-24-25-26-27-28-29-30-31-32-34-36-38-40-42-44-50(54)51-48(47-58-59(55,56)57-46-45-52(3,4)5)49(53)43-41-39-37-35-33-19-17-15-13-11-9-7-2/h26-27,48-49,53H,6-25,28-47H2,1-5H3,(H-,51,54,55,56)/p+1/b27-26-. The van der Waals surface area contributed by atoms with Crippen molar-refractivity contribution in [2.24, 2.45) is 0 Å². The number of hydrogen-bond donors (Lipinski definition) is 3. The Morgan fingerprint density at radius 3 is 1.31 bits per heavy atom. The molecule has 0 saturated carbocycles. The molecule has 59 heavy (non-hydrogen) atoms. The summed E-state index contributed by atoms with van der Waals surface area (Å²) in [5.74, 6) is -0.144. The van der Waals surface area contributed by atoms with Crippen LogP contribution in [0.4, 0.5) is 0 Å². The van der Waals surface area contributed by atoms with Crippen molar-refractivity contribution in [3.8, 4) is 0 Å². The van der Waals surface area contributed by atoms with Crippen LogP contribution in [0, 0.1) is 0 Å². The van der Waals surface area contributed by atoms with Gasteiger partial charge in [-0.15, -0.1) is 0 Å². The zero-order valence-electron chi connectivity index (χ0n) is 40.0. The summed E-state index contributed by atoms with van der Waals surface area (Å²) in [5.41, 5.74) is 0. The Morgan fingerprint density at radius 1 is 0.559 bits per heavy atom. The highest BCUT2D eigenvalue weighted by molar-refractivity contribution is 7.47. The molecule has 3 atom stereocenters. The van der Waals surface area contributed by atoms with Crippen LogP contribution in [0.2, 0.25) is 0 Å². The van der Waals surface area contributed by atoms with Gasteiger partial charge in [0.2, 0.25) is 5.91 Å². The van der Waals surface area contributed by atoms with Gasteiger partial charge in [-0.25, -0.2) is 4.57 Å². The maximum absolute atomic E-state index is 12.9. The van der Waals surface area contributed by atoms with Gasteiger partial charge in [0.05, 0.1) is 39.9 Å². The number of amides is 1. The lowest BCUT2D eigenvalue weighted by atomic mass is 10.0. The Bertz CT molecular complexity index is 974. The predicted octanol–water partition coefficient (Wildman–Crippen LogP) is 14.7. The van der Waals surface area contributed by atoms with Gasteiger partial charge in [-0.3, -0.25) is 13.8 Å². The second-order valence-electron chi connectivity index (χ2n) is 18.9. The molecule has 0 aliphatic carbocycles. The lowest BCUT2D eigenvalue weighted by Crippen LogP contribution is -2.46. The topological polar surface area (TPSA) is 105 Å². The summed E-state index contributed by atoms with van der Waals surface area (Å²) in [4.78, 5) is 23.2. The number of unbranched alkanes of at least 4 members (excludes halogenated alkanes) is 32. The van der Waals surface area contributed by atoms with Crippen molar-refractivity contribution in [3.63, 3.8) is 0 Å². The molecule has 0 saturated heterocycles. The van der Waals surface area contributed by atoms with Crippen molar-refractivity contribution in [3.05, 3.63) is 12.2 Å². The molecule has 9 heteroatoms. The van der Waals surface area contributed by atoms with Crippen molar-refractivity contribution in [2.75, 3.05) is 40.9 Å². The maximum Gasteiger partial charge on any atom is 0.472 e. The fourth-order valence-corrected chi connectivity index (χ4v) is 8.43. The number of carbonyl (C=O) groups is 1. The highest BCUT2D eigenvalue weighted by Gasteiger charge is 2.28. The van der Waals surface area contributed by atoms with Gasteiger partial charge >= 0.3 is 7.82 Å². The third-order valence-corrected chi connectivity index (χ3v) is 12.7. The average molecular weight is 858 g/mol. The highest BCUT2D eigenvalue weighted by Crippen LogP contribution is 2.43. The van der Waals surface area contributed by atoms with Gasteiger partial charge in [0.15, 0.2) is 0 Å². The van der Waals surface area contributed by atoms with E-state index in [-0.39, 0.29) is 19.1 Å². The number of phosphoric ester groups is 1. The van der Waals surface area contributed by atoms with Gasteiger partial charge in [-0.05, 0) is 38.5 Å². The number of quaternary nitrogens is 1. The number of nitrogens with one attached hydrogen (secondary N) is 1. The quantitative estimate of drug-likeness (QED) is 0.0244. The van der Waals surface area contributed by atoms with Crippen LogP contribution in [0.15, 0.2) is 12.2 Å². The second-order valence-corrected chi connectivity index (χ2v) is 20.4. The van der Waals surface area contributed by atoms with Crippen molar-refractivity contribution >= 4 is 13.7 Å². The molecule has 0 aromatic carbocycles. The molecule has 1 amide bonds. The molecule has 0 aliphatic heterocycles. The van der Waals surface area contributed by atoms with Gasteiger partial charge in [0.1, 0.15) is 13.2 Å². The summed E-state index contributed by atoms with van der Waals surface area (Å²) in [7, 11) is 1.62. The molecule has 8 nitrogen and oxygen atoms in total. The van der Waals surface area contributed by atoms with E-state index in [0.29, 0.717) is 23.9 Å². The van der Waals surface area contributed by atoms with Crippen LogP contribution in [0.5, 0.6) is 0 Å². The molecule has 0 fully saturated rings. The Balaban J connectivity index is 4.13. The zero-order chi connectivity index (χ0) is 43.6. The summed E-state index contributed by atoms with van der Waals surface area (Å²) >= 11 is 0. The molecular formula is C50H102N2O6P+. The Morgan fingerprint density at radius 2 is 0.915 bits per heavy atom. The van der Waals surface area contributed by atoms with Crippen LogP contribution < -0.4 is 5.32 Å². The summed E-state index contributed by atoms with van der Waals surface area (Å²) in [6, 6.07) is -0.757. The highest BCUT2D eigenvalue weighted by atomic mass is 31.2. The first-order valence-electron chi connectivity index (χ1n) is 25.6. The van der Waals surface area contributed by atoms with E-state index in [1.54, 1.807) is 0 Å². The van der Waals surface area contributed by atoms with Crippen LogP contribution in [0.1, 0.15) is 251 Å². The fraction of sp³-hybridized carbons (Fsp3) is 0.940. The number of hydrogen-bond acceptors (Lipinski definition) is 5. The predicted molar refractivity (Wildman–Crippen MR) is 254 cm³/mol. The van der Waals surface area contributed by atoms with Gasteiger partial charge in [-0.1, -0.05) is 219 Å². The van der Waals surface area contributed by atoms with Gasteiger partial charge < -0.3 is 19.8 Å². The molecule has 0 heterocycles. The molecule has 3 unspecified atom stereocenters. The van der Waals surface area contributed by atoms with E-state index < -0.39 is 20.0 Å². The molecule has 0 bridgehead atoms. The van der Waals surface area contributed by atoms with E-state index in [9.17, 15) is 19.4 Å². The van der Waals surface area contributed by atoms with E-state index in [1.165, 1.54) is 186 Å². The van der Waals surface area contributed by atoms with E-state index in [2.05, 4.69) is 31.3 Å². The van der Waals surface area contributed by atoms with Crippen LogP contribution >= 0.6 is 7.82 Å². The molecule has 0 rings (SSSR count). The summed E-state index contributed by atoms with van der Waals surface area (Å²) < 4.78 is 23.7. The lowest BCUT2D eigenvalue weighted by molar-refractivity contribution is -0.870. The molecule has 3 N–H and O–H groups in total. The van der Waals surface area contributed by atoms with E-state index in [0.717, 1.165) is 38.5 Å². The first-order valence-corrected chi connectivity index (χ1v) is 27.0. The van der Waals surface area contributed by atoms with Crippen LogP contribution in [0.3, 0.4) is 0 Å². The molecule has 0 spiro atoms. The van der Waals surface area contributed by atoms with Crippen molar-refractivity contribution in [2.45, 2.75) is 264 Å². The number of likely N-dealkylation sites (N-methyl/N-ethyl adjacent to an activating group) is 1. The minimum Gasteiger partial charge on any atom is -0.391 e. The molecule has 0 aromatic heterocycles. The molecule has 0 aliphatic rings. The van der Waals surface area contributed by atoms with Crippen molar-refractivity contribution < 1.29 is 32.9 Å². The largest absolute Gasteiger partial charge is 0.472 e. The van der Waals surface area contributed by atoms with Crippen molar-refractivity contribution in [1.29, 1.82) is 0 Å². The number of rotatable bonds is 47. The lowest BCUT2D eigenvalue weighted by Gasteiger charge is -2.26. The van der Waals surface area contributed by atoms with Crippen LogP contribution in [0.25, 0.3) is 0 Å². The van der Waals surface area contributed by atoms with Crippen LogP contribution in [-0.4, -0.2) is 73.4 Å². The summed E-state index contributed by atoms with van der Waals surface area (Å²) in [6.45, 7) is 4.90. The third kappa shape index (κ3) is 45.1. The number of carbonyl (C=O) groups excluding carboxylic acids is 1. The third-order valence-electron chi connectivity index (χ3n) is 11.8. The Labute approximate surface area is 367 Å². The molecular weight excluding hydrogens is 756 g/mol. The SMILES string of the molecule is CCCCCCCCCCCCCC/C=C\CCCCCCCCCCCC(=O)NC(COP(=O)(O)OCC[N+](C)(C)C)C(O)CCCCCCCCCCCCCC. The fourth-order valence-electron chi connectivity index (χ4n) is 7.69. The molecule has 352 valence electrons. The number of nitrogens with zero attached hydrogens (tertiary/aromatic N) is 1. The summed E-state index contributed by atoms with van der Waals surface area (Å²) in [5, 5.41) is 14.0. The molecule has 0 aromatic rings. The number of phosphoric acid groups is 1. The first-order chi connectivity index (χ1) is 28.5. The number of aliphatic hydroxyl groups excluding tert-OH is 1. The zero-order valence-corrected chi connectivity index (χ0v) is 40.9. The Hall–Kier alpha value is -0.760. The van der Waals surface area contributed by atoms with E-state index in [4.69, 9.17) is 9.05 Å². The van der Waals surface area contributed by atoms with Gasteiger partial charge in [0.25, 0.3) is 0 Å². The van der Waals surface area contributed by atoms with Gasteiger partial charge in [-0.2, -0.15) is 0 Å². The summed E-state index contributed by atoms with van der Waals surface area (Å²) in [6.07, 6.45) is 49.7. The normalized spacial score (nSPS) is 14.2. The average Bonchev–Trinajstić information content (AvgIpc) is 3.19. The maximum atomic E-state index is 12.9. The first kappa shape index (κ1) is 58.2. The number of aliphatic hydroxyl groups is 1. The van der Waals surface area contributed by atoms with Crippen LogP contribution in [-0.2, 0) is 18.4 Å².